The van der Waals surface area contributed by atoms with Crippen LogP contribution in [0.5, 0.6) is 0 Å². The van der Waals surface area contributed by atoms with E-state index >= 15 is 0 Å². The first-order valence-electron chi connectivity index (χ1n) is 12.7. The van der Waals surface area contributed by atoms with Crippen LogP contribution in [0.4, 0.5) is 0 Å². The zero-order chi connectivity index (χ0) is 24.6. The second-order valence-electron chi connectivity index (χ2n) is 10.1. The molecule has 0 radical (unpaired) electrons. The molecular weight excluding hydrogens is 450 g/mol. The summed E-state index contributed by atoms with van der Waals surface area (Å²) in [6.07, 6.45) is 1.62. The number of piperidine rings is 1. The Morgan fingerprint density at radius 2 is 1.53 bits per heavy atom. The van der Waals surface area contributed by atoms with Gasteiger partial charge in [-0.25, -0.2) is 0 Å². The van der Waals surface area contributed by atoms with Crippen molar-refractivity contribution in [3.63, 3.8) is 0 Å². The smallest absolute Gasteiger partial charge is 0.255 e. The van der Waals surface area contributed by atoms with Crippen molar-refractivity contribution in [1.29, 1.82) is 0 Å². The lowest BCUT2D eigenvalue weighted by atomic mass is 9.86. The van der Waals surface area contributed by atoms with Crippen LogP contribution in [-0.2, 0) is 22.6 Å². The van der Waals surface area contributed by atoms with Gasteiger partial charge in [0.15, 0.2) is 0 Å². The molecule has 6 rings (SSSR count). The van der Waals surface area contributed by atoms with Crippen molar-refractivity contribution in [2.75, 3.05) is 13.1 Å². The Labute approximate surface area is 210 Å². The Morgan fingerprint density at radius 3 is 2.17 bits per heavy atom. The fourth-order valence-corrected chi connectivity index (χ4v) is 5.92. The lowest BCUT2D eigenvalue weighted by Gasteiger charge is -2.45. The summed E-state index contributed by atoms with van der Waals surface area (Å²) in [5.74, 6) is -0.191. The minimum Gasteiger partial charge on any atom is -0.322 e. The van der Waals surface area contributed by atoms with Gasteiger partial charge in [0, 0.05) is 31.6 Å². The van der Waals surface area contributed by atoms with Gasteiger partial charge in [-0.05, 0) is 47.1 Å². The number of fused-ring (bicyclic) bond motifs is 1. The van der Waals surface area contributed by atoms with Crippen LogP contribution in [-0.4, -0.2) is 46.7 Å². The van der Waals surface area contributed by atoms with Crippen molar-refractivity contribution in [2.45, 2.75) is 37.9 Å². The minimum atomic E-state index is -0.570. The Hall–Kier alpha value is -3.77. The highest BCUT2D eigenvalue weighted by molar-refractivity contribution is 6.05. The van der Waals surface area contributed by atoms with Crippen LogP contribution in [0, 0.1) is 5.92 Å². The average molecular weight is 480 g/mol. The van der Waals surface area contributed by atoms with E-state index in [2.05, 4.69) is 83.0 Å². The van der Waals surface area contributed by atoms with Gasteiger partial charge >= 0.3 is 0 Å². The number of nitrogens with one attached hydrogen (secondary N) is 1. The van der Waals surface area contributed by atoms with Gasteiger partial charge in [-0.2, -0.15) is 0 Å². The van der Waals surface area contributed by atoms with E-state index in [1.54, 1.807) is 4.90 Å². The Bertz CT molecular complexity index is 1260. The largest absolute Gasteiger partial charge is 0.322 e. The standard InChI is InChI=1S/C30H29N3O3/c34-27-14-13-26(29(35)31-27)33-19-24-16-20(11-12-25(24)30(33)36)15-21-17-32(18-21)28(22-7-3-1-4-8-22)23-9-5-2-6-10-23/h1-12,16,21,26,28H,13-15,17-19H2,(H,31,34,35). The van der Waals surface area contributed by atoms with E-state index in [0.29, 0.717) is 24.4 Å². The second kappa shape index (κ2) is 9.36. The van der Waals surface area contributed by atoms with Crippen LogP contribution in [0.15, 0.2) is 78.9 Å². The van der Waals surface area contributed by atoms with Crippen LogP contribution < -0.4 is 5.32 Å². The number of imide groups is 1. The number of benzene rings is 3. The van der Waals surface area contributed by atoms with Crippen LogP contribution in [0.2, 0.25) is 0 Å². The van der Waals surface area contributed by atoms with Gasteiger partial charge in [0.25, 0.3) is 5.91 Å². The molecule has 0 saturated carbocycles. The molecule has 0 aromatic heterocycles. The molecule has 3 aliphatic rings. The van der Waals surface area contributed by atoms with Gasteiger partial charge in [0.1, 0.15) is 6.04 Å². The molecule has 1 N–H and O–H groups in total. The predicted octanol–water partition coefficient (Wildman–Crippen LogP) is 3.71. The molecule has 0 aliphatic carbocycles. The van der Waals surface area contributed by atoms with Gasteiger partial charge in [-0.1, -0.05) is 72.8 Å². The van der Waals surface area contributed by atoms with Gasteiger partial charge in [-0.3, -0.25) is 24.6 Å². The van der Waals surface area contributed by atoms with E-state index < -0.39 is 6.04 Å². The number of likely N-dealkylation sites (tertiary alicyclic amines) is 1. The Balaban J connectivity index is 1.12. The number of amides is 3. The van der Waals surface area contributed by atoms with E-state index in [9.17, 15) is 14.4 Å². The number of carbonyl (C=O) groups is 3. The molecule has 3 amide bonds. The third-order valence-electron chi connectivity index (χ3n) is 7.69. The molecular formula is C30H29N3O3. The molecule has 3 aromatic rings. The third kappa shape index (κ3) is 4.22. The maximum absolute atomic E-state index is 13.0. The molecule has 2 saturated heterocycles. The fourth-order valence-electron chi connectivity index (χ4n) is 5.92. The third-order valence-corrected chi connectivity index (χ3v) is 7.69. The van der Waals surface area contributed by atoms with Crippen molar-refractivity contribution in [1.82, 2.24) is 15.1 Å². The summed E-state index contributed by atoms with van der Waals surface area (Å²) in [4.78, 5) is 40.9. The maximum atomic E-state index is 13.0. The maximum Gasteiger partial charge on any atom is 0.255 e. The van der Waals surface area contributed by atoms with E-state index in [0.717, 1.165) is 25.1 Å². The van der Waals surface area contributed by atoms with Crippen molar-refractivity contribution >= 4 is 17.7 Å². The molecule has 182 valence electrons. The number of hydrogen-bond donors (Lipinski definition) is 1. The first kappa shape index (κ1) is 22.7. The summed E-state index contributed by atoms with van der Waals surface area (Å²) in [5.41, 5.74) is 5.50. The van der Waals surface area contributed by atoms with Crippen LogP contribution in [0.3, 0.4) is 0 Å². The fraction of sp³-hybridized carbons (Fsp3) is 0.300. The van der Waals surface area contributed by atoms with Gasteiger partial charge < -0.3 is 4.90 Å². The lowest BCUT2D eigenvalue weighted by molar-refractivity contribution is -0.136. The van der Waals surface area contributed by atoms with E-state index in [1.807, 2.05) is 6.07 Å². The Kier molecular flexibility index (Phi) is 5.89. The Morgan fingerprint density at radius 1 is 0.861 bits per heavy atom. The zero-order valence-corrected chi connectivity index (χ0v) is 20.1. The monoisotopic (exact) mass is 479 g/mol. The topological polar surface area (TPSA) is 69.7 Å². The van der Waals surface area contributed by atoms with Crippen molar-refractivity contribution < 1.29 is 14.4 Å². The SMILES string of the molecule is O=C1CCC(N2Cc3cc(CC4CN(C(c5ccccc5)c5ccccc5)C4)ccc3C2=O)C(=O)N1. The summed E-state index contributed by atoms with van der Waals surface area (Å²) >= 11 is 0. The molecule has 0 spiro atoms. The predicted molar refractivity (Wildman–Crippen MR) is 136 cm³/mol. The van der Waals surface area contributed by atoms with Crippen molar-refractivity contribution in [3.05, 3.63) is 107 Å². The minimum absolute atomic E-state index is 0.116. The molecule has 3 aliphatic heterocycles. The normalized spacial score (nSPS) is 20.4. The number of nitrogens with zero attached hydrogens (tertiary/aromatic N) is 2. The molecule has 1 unspecified atom stereocenters. The summed E-state index contributed by atoms with van der Waals surface area (Å²) in [7, 11) is 0. The van der Waals surface area contributed by atoms with E-state index in [-0.39, 0.29) is 30.2 Å². The molecule has 0 bridgehead atoms. The first-order chi connectivity index (χ1) is 17.6. The molecule has 2 fully saturated rings. The highest BCUT2D eigenvalue weighted by atomic mass is 16.2. The number of carbonyl (C=O) groups excluding carboxylic acids is 3. The molecule has 3 heterocycles. The van der Waals surface area contributed by atoms with Crippen molar-refractivity contribution in [3.8, 4) is 0 Å². The van der Waals surface area contributed by atoms with Crippen molar-refractivity contribution in [2.24, 2.45) is 5.92 Å². The van der Waals surface area contributed by atoms with E-state index in [1.165, 1.54) is 16.7 Å². The van der Waals surface area contributed by atoms with E-state index in [4.69, 9.17) is 0 Å². The quantitative estimate of drug-likeness (QED) is 0.548. The number of rotatable bonds is 6. The summed E-state index contributed by atoms with van der Waals surface area (Å²) < 4.78 is 0. The molecule has 6 nitrogen and oxygen atoms in total. The van der Waals surface area contributed by atoms with Crippen LogP contribution >= 0.6 is 0 Å². The average Bonchev–Trinajstić information content (AvgIpc) is 3.19. The zero-order valence-electron chi connectivity index (χ0n) is 20.1. The summed E-state index contributed by atoms with van der Waals surface area (Å²) in [6.45, 7) is 2.47. The van der Waals surface area contributed by atoms with Crippen LogP contribution in [0.1, 0.15) is 51.5 Å². The van der Waals surface area contributed by atoms with Gasteiger partial charge in [0.2, 0.25) is 11.8 Å². The lowest BCUT2D eigenvalue weighted by Crippen LogP contribution is -2.52. The molecule has 1 atom stereocenters. The first-order valence-corrected chi connectivity index (χ1v) is 12.7. The summed E-state index contributed by atoms with van der Waals surface area (Å²) in [6, 6.07) is 27.1. The highest BCUT2D eigenvalue weighted by Crippen LogP contribution is 2.36. The highest BCUT2D eigenvalue weighted by Gasteiger charge is 2.39. The summed E-state index contributed by atoms with van der Waals surface area (Å²) in [5, 5.41) is 2.37. The van der Waals surface area contributed by atoms with Gasteiger partial charge in [-0.15, -0.1) is 0 Å². The molecule has 36 heavy (non-hydrogen) atoms. The molecule has 6 heteroatoms. The second-order valence-corrected chi connectivity index (χ2v) is 10.1. The molecule has 3 aromatic carbocycles. The van der Waals surface area contributed by atoms with Crippen LogP contribution in [0.25, 0.3) is 0 Å². The van der Waals surface area contributed by atoms with Gasteiger partial charge in [0.05, 0.1) is 6.04 Å². The number of hydrogen-bond acceptors (Lipinski definition) is 4.